The van der Waals surface area contributed by atoms with Crippen molar-refractivity contribution < 1.29 is 4.39 Å². The van der Waals surface area contributed by atoms with E-state index in [4.69, 9.17) is 5.73 Å². The van der Waals surface area contributed by atoms with Gasteiger partial charge < -0.3 is 5.73 Å². The Morgan fingerprint density at radius 3 is 2.85 bits per heavy atom. The van der Waals surface area contributed by atoms with Crippen LogP contribution in [0.1, 0.15) is 5.56 Å². The van der Waals surface area contributed by atoms with Gasteiger partial charge in [-0.3, -0.25) is 4.57 Å². The van der Waals surface area contributed by atoms with Crippen LogP contribution in [-0.4, -0.2) is 14.5 Å². The first-order valence-electron chi connectivity index (χ1n) is 6.16. The second kappa shape index (κ2) is 4.77. The number of anilines is 1. The van der Waals surface area contributed by atoms with E-state index in [-0.39, 0.29) is 5.82 Å². The van der Waals surface area contributed by atoms with Crippen molar-refractivity contribution in [2.45, 2.75) is 6.92 Å². The van der Waals surface area contributed by atoms with E-state index in [0.29, 0.717) is 5.82 Å². The third-order valence-electron chi connectivity index (χ3n) is 3.15. The van der Waals surface area contributed by atoms with Crippen molar-refractivity contribution in [3.63, 3.8) is 0 Å². The zero-order valence-corrected chi connectivity index (χ0v) is 10.9. The second-order valence-corrected chi connectivity index (χ2v) is 4.55. The zero-order valence-electron chi connectivity index (χ0n) is 10.9. The molecule has 0 unspecified atom stereocenters. The van der Waals surface area contributed by atoms with Gasteiger partial charge in [0.1, 0.15) is 11.6 Å². The van der Waals surface area contributed by atoms with E-state index in [1.165, 1.54) is 12.1 Å². The summed E-state index contributed by atoms with van der Waals surface area (Å²) in [6, 6.07) is 8.29. The number of pyridine rings is 1. The molecule has 100 valence electrons. The first-order valence-corrected chi connectivity index (χ1v) is 6.16. The molecule has 2 aromatic heterocycles. The van der Waals surface area contributed by atoms with Crippen LogP contribution in [0.2, 0.25) is 0 Å². The summed E-state index contributed by atoms with van der Waals surface area (Å²) in [5.41, 5.74) is 9.16. The molecule has 0 aliphatic carbocycles. The molecule has 1 aromatic carbocycles. The smallest absolute Gasteiger partial charge is 0.125 e. The predicted octanol–water partition coefficient (Wildman–Crippen LogP) is 2.96. The number of aryl methyl sites for hydroxylation is 1. The van der Waals surface area contributed by atoms with Gasteiger partial charge in [-0.25, -0.2) is 14.4 Å². The highest BCUT2D eigenvalue weighted by Gasteiger charge is 2.10. The highest BCUT2D eigenvalue weighted by molar-refractivity contribution is 5.64. The summed E-state index contributed by atoms with van der Waals surface area (Å²) in [7, 11) is 0. The fraction of sp³-hybridized carbons (Fsp3) is 0.0667. The molecule has 0 amide bonds. The number of hydrogen-bond acceptors (Lipinski definition) is 3. The first kappa shape index (κ1) is 12.3. The van der Waals surface area contributed by atoms with Gasteiger partial charge in [0.25, 0.3) is 0 Å². The molecule has 3 aromatic rings. The van der Waals surface area contributed by atoms with Crippen molar-refractivity contribution in [1.29, 1.82) is 0 Å². The lowest BCUT2D eigenvalue weighted by Gasteiger charge is -2.11. The molecule has 0 saturated heterocycles. The number of benzene rings is 1. The number of nitrogens with zero attached hydrogens (tertiary/aromatic N) is 3. The molecule has 4 nitrogen and oxygen atoms in total. The SMILES string of the molecule is Cc1ccc(F)cc1-n1cncc1-c1ccnc(N)c1. The van der Waals surface area contributed by atoms with E-state index in [1.54, 1.807) is 30.9 Å². The van der Waals surface area contributed by atoms with Gasteiger partial charge in [-0.15, -0.1) is 0 Å². The Labute approximate surface area is 115 Å². The Morgan fingerprint density at radius 2 is 2.05 bits per heavy atom. The molecular weight excluding hydrogens is 255 g/mol. The number of hydrogen-bond donors (Lipinski definition) is 1. The van der Waals surface area contributed by atoms with Crippen molar-refractivity contribution in [3.8, 4) is 16.9 Å². The van der Waals surface area contributed by atoms with Crippen LogP contribution in [-0.2, 0) is 0 Å². The maximum absolute atomic E-state index is 13.5. The van der Waals surface area contributed by atoms with E-state index >= 15 is 0 Å². The molecule has 0 bridgehead atoms. The van der Waals surface area contributed by atoms with Gasteiger partial charge in [0, 0.05) is 11.8 Å². The lowest BCUT2D eigenvalue weighted by atomic mass is 10.1. The number of aromatic nitrogens is 3. The minimum atomic E-state index is -0.278. The van der Waals surface area contributed by atoms with Crippen LogP contribution in [0.3, 0.4) is 0 Å². The molecule has 0 aliphatic rings. The molecule has 0 atom stereocenters. The van der Waals surface area contributed by atoms with Gasteiger partial charge in [0.15, 0.2) is 0 Å². The van der Waals surface area contributed by atoms with Crippen LogP contribution in [0.4, 0.5) is 10.2 Å². The Balaban J connectivity index is 2.18. The summed E-state index contributed by atoms with van der Waals surface area (Å²) in [6.07, 6.45) is 5.02. The second-order valence-electron chi connectivity index (χ2n) is 4.55. The maximum atomic E-state index is 13.5. The number of rotatable bonds is 2. The minimum absolute atomic E-state index is 0.278. The number of halogens is 1. The molecular formula is C15H13FN4. The number of nitrogens with two attached hydrogens (primary N) is 1. The summed E-state index contributed by atoms with van der Waals surface area (Å²) in [5, 5.41) is 0. The van der Waals surface area contributed by atoms with Gasteiger partial charge in [0.2, 0.25) is 0 Å². The van der Waals surface area contributed by atoms with Gasteiger partial charge in [-0.2, -0.15) is 0 Å². The highest BCUT2D eigenvalue weighted by Crippen LogP contribution is 2.25. The molecule has 0 spiro atoms. The Hall–Kier alpha value is -2.69. The molecule has 2 heterocycles. The van der Waals surface area contributed by atoms with Crippen molar-refractivity contribution in [2.75, 3.05) is 5.73 Å². The third-order valence-corrected chi connectivity index (χ3v) is 3.15. The van der Waals surface area contributed by atoms with E-state index in [9.17, 15) is 4.39 Å². The van der Waals surface area contributed by atoms with Crippen molar-refractivity contribution in [3.05, 3.63) is 60.4 Å². The van der Waals surface area contributed by atoms with Gasteiger partial charge in [-0.1, -0.05) is 6.07 Å². The number of imidazole rings is 1. The average molecular weight is 268 g/mol. The van der Waals surface area contributed by atoms with E-state index in [1.807, 2.05) is 17.6 Å². The molecule has 0 saturated carbocycles. The summed E-state index contributed by atoms with van der Waals surface area (Å²) >= 11 is 0. The van der Waals surface area contributed by atoms with Crippen LogP contribution < -0.4 is 5.73 Å². The largest absolute Gasteiger partial charge is 0.384 e. The Bertz CT molecular complexity index is 764. The molecule has 0 aliphatic heterocycles. The van der Waals surface area contributed by atoms with Crippen molar-refractivity contribution in [1.82, 2.24) is 14.5 Å². The fourth-order valence-corrected chi connectivity index (χ4v) is 2.15. The normalized spacial score (nSPS) is 10.7. The van der Waals surface area contributed by atoms with E-state index in [2.05, 4.69) is 9.97 Å². The quantitative estimate of drug-likeness (QED) is 0.777. The van der Waals surface area contributed by atoms with Gasteiger partial charge >= 0.3 is 0 Å². The van der Waals surface area contributed by atoms with Crippen LogP contribution in [0, 0.1) is 12.7 Å². The fourth-order valence-electron chi connectivity index (χ4n) is 2.15. The summed E-state index contributed by atoms with van der Waals surface area (Å²) in [5.74, 6) is 0.158. The van der Waals surface area contributed by atoms with Gasteiger partial charge in [0.05, 0.1) is 23.9 Å². The summed E-state index contributed by atoms with van der Waals surface area (Å²) in [4.78, 5) is 8.13. The van der Waals surface area contributed by atoms with Crippen LogP contribution in [0.15, 0.2) is 49.1 Å². The van der Waals surface area contributed by atoms with E-state index < -0.39 is 0 Å². The van der Waals surface area contributed by atoms with Crippen LogP contribution in [0.25, 0.3) is 16.9 Å². The Kier molecular flexibility index (Phi) is 2.95. The lowest BCUT2D eigenvalue weighted by molar-refractivity contribution is 0.626. The average Bonchev–Trinajstić information content (AvgIpc) is 2.90. The van der Waals surface area contributed by atoms with Crippen molar-refractivity contribution in [2.24, 2.45) is 0 Å². The van der Waals surface area contributed by atoms with E-state index in [0.717, 1.165) is 22.5 Å². The predicted molar refractivity (Wildman–Crippen MR) is 75.9 cm³/mol. The van der Waals surface area contributed by atoms with Crippen LogP contribution >= 0.6 is 0 Å². The standard InChI is InChI=1S/C15H13FN4/c1-10-2-3-12(16)7-13(10)20-9-18-8-14(20)11-4-5-19-15(17)6-11/h2-9H,1H3,(H2,17,19). The molecule has 20 heavy (non-hydrogen) atoms. The molecule has 0 radical (unpaired) electrons. The highest BCUT2D eigenvalue weighted by atomic mass is 19.1. The maximum Gasteiger partial charge on any atom is 0.125 e. The van der Waals surface area contributed by atoms with Crippen molar-refractivity contribution >= 4 is 5.82 Å². The summed E-state index contributed by atoms with van der Waals surface area (Å²) < 4.78 is 15.3. The summed E-state index contributed by atoms with van der Waals surface area (Å²) in [6.45, 7) is 1.93. The molecule has 3 rings (SSSR count). The monoisotopic (exact) mass is 268 g/mol. The minimum Gasteiger partial charge on any atom is -0.384 e. The first-order chi connectivity index (χ1) is 9.65. The molecule has 5 heteroatoms. The Morgan fingerprint density at radius 1 is 1.20 bits per heavy atom. The number of nitrogen functional groups attached to an aromatic ring is 1. The van der Waals surface area contributed by atoms with Gasteiger partial charge in [-0.05, 0) is 36.8 Å². The molecule has 2 N–H and O–H groups in total. The molecule has 0 fully saturated rings. The van der Waals surface area contributed by atoms with Crippen LogP contribution in [0.5, 0.6) is 0 Å². The lowest BCUT2D eigenvalue weighted by Crippen LogP contribution is -1.99. The zero-order chi connectivity index (χ0) is 14.1. The third kappa shape index (κ3) is 2.14. The topological polar surface area (TPSA) is 56.7 Å².